The van der Waals surface area contributed by atoms with Crippen molar-refractivity contribution in [1.29, 1.82) is 0 Å². The van der Waals surface area contributed by atoms with E-state index in [-0.39, 0.29) is 11.4 Å². The number of nitrogens with one attached hydrogen (secondary N) is 1. The Morgan fingerprint density at radius 3 is 2.50 bits per heavy atom. The van der Waals surface area contributed by atoms with Crippen LogP contribution in [0, 0.1) is 0 Å². The van der Waals surface area contributed by atoms with Crippen molar-refractivity contribution < 1.29 is 37.7 Å². The largest absolute Gasteiger partial charge is 0.508 e. The predicted molar refractivity (Wildman–Crippen MR) is 60.6 cm³/mol. The van der Waals surface area contributed by atoms with Gasteiger partial charge in [0.1, 0.15) is 19.0 Å². The molecule has 0 aromatic heterocycles. The Hall–Kier alpha value is -2.29. The van der Waals surface area contributed by atoms with Crippen molar-refractivity contribution >= 4 is 17.6 Å². The van der Waals surface area contributed by atoms with Crippen LogP contribution in [0.2, 0.25) is 0 Å². The first kappa shape index (κ1) is 15.8. The van der Waals surface area contributed by atoms with Crippen LogP contribution in [0.1, 0.15) is 10.4 Å². The first-order valence-corrected chi connectivity index (χ1v) is 5.19. The van der Waals surface area contributed by atoms with E-state index in [1.807, 2.05) is 0 Å². The van der Waals surface area contributed by atoms with Crippen LogP contribution in [0.3, 0.4) is 0 Å². The summed E-state index contributed by atoms with van der Waals surface area (Å²) in [5.41, 5.74) is -0.551. The first-order valence-electron chi connectivity index (χ1n) is 5.19. The number of carboxylic acid groups (broad SMARTS) is 1. The highest BCUT2D eigenvalue weighted by molar-refractivity contribution is 6.01. The summed E-state index contributed by atoms with van der Waals surface area (Å²) in [4.78, 5) is 22.2. The van der Waals surface area contributed by atoms with Crippen LogP contribution < -0.4 is 5.32 Å². The number of halogens is 3. The molecule has 0 spiro atoms. The number of carbonyl (C=O) groups excluding carboxylic acids is 1. The molecule has 0 fully saturated rings. The van der Waals surface area contributed by atoms with Gasteiger partial charge in [0.2, 0.25) is 5.91 Å². The van der Waals surface area contributed by atoms with Gasteiger partial charge in [-0.3, -0.25) is 4.79 Å². The molecule has 0 unspecified atom stereocenters. The Bertz CT molecular complexity index is 515. The Morgan fingerprint density at radius 2 is 1.95 bits per heavy atom. The van der Waals surface area contributed by atoms with E-state index >= 15 is 0 Å². The maximum atomic E-state index is 11.8. The van der Waals surface area contributed by atoms with E-state index in [1.165, 1.54) is 0 Å². The molecule has 0 aliphatic heterocycles. The van der Waals surface area contributed by atoms with Crippen LogP contribution in [-0.4, -0.2) is 41.5 Å². The van der Waals surface area contributed by atoms with Crippen molar-refractivity contribution in [2.45, 2.75) is 6.18 Å². The first-order chi connectivity index (χ1) is 9.19. The second-order valence-corrected chi connectivity index (χ2v) is 3.69. The van der Waals surface area contributed by atoms with Crippen LogP contribution in [0.25, 0.3) is 0 Å². The minimum absolute atomic E-state index is 0.157. The van der Waals surface area contributed by atoms with Crippen LogP contribution in [0.4, 0.5) is 18.9 Å². The number of hydrogen-bond donors (Lipinski definition) is 3. The van der Waals surface area contributed by atoms with Gasteiger partial charge in [0.25, 0.3) is 0 Å². The second-order valence-electron chi connectivity index (χ2n) is 3.69. The number of aromatic carboxylic acids is 1. The van der Waals surface area contributed by atoms with E-state index in [0.29, 0.717) is 0 Å². The number of ether oxygens (including phenoxy) is 1. The number of rotatable bonds is 5. The number of amides is 1. The number of aromatic hydroxyl groups is 1. The molecule has 1 amide bonds. The van der Waals surface area contributed by atoms with E-state index in [0.717, 1.165) is 18.2 Å². The van der Waals surface area contributed by atoms with Gasteiger partial charge in [-0.05, 0) is 18.2 Å². The van der Waals surface area contributed by atoms with Crippen molar-refractivity contribution in [2.24, 2.45) is 0 Å². The number of benzene rings is 1. The maximum Gasteiger partial charge on any atom is 0.411 e. The Morgan fingerprint density at radius 1 is 1.30 bits per heavy atom. The summed E-state index contributed by atoms with van der Waals surface area (Å²) < 4.78 is 39.5. The van der Waals surface area contributed by atoms with E-state index in [2.05, 4.69) is 10.1 Å². The molecule has 0 radical (unpaired) electrons. The molecule has 0 aliphatic rings. The molecule has 0 saturated carbocycles. The average molecular weight is 293 g/mol. The zero-order valence-electron chi connectivity index (χ0n) is 9.90. The number of hydrogen-bond acceptors (Lipinski definition) is 4. The van der Waals surface area contributed by atoms with Crippen molar-refractivity contribution in [3.8, 4) is 5.75 Å². The standard InChI is InChI=1S/C11H10F3NO5/c12-11(13,14)5-20-4-9(17)15-8-2-1-6(16)3-7(8)10(18)19/h1-3,16H,4-5H2,(H,15,17)(H,18,19). The summed E-state index contributed by atoms with van der Waals surface area (Å²) >= 11 is 0. The molecule has 9 heteroatoms. The smallest absolute Gasteiger partial charge is 0.411 e. The van der Waals surface area contributed by atoms with Gasteiger partial charge in [0, 0.05) is 0 Å². The Labute approximate surface area is 110 Å². The van der Waals surface area contributed by atoms with Crippen LogP contribution in [0.5, 0.6) is 5.75 Å². The highest BCUT2D eigenvalue weighted by Gasteiger charge is 2.27. The van der Waals surface area contributed by atoms with Gasteiger partial charge in [0.05, 0.1) is 11.3 Å². The van der Waals surface area contributed by atoms with E-state index < -0.39 is 36.8 Å². The van der Waals surface area contributed by atoms with Gasteiger partial charge in [0.15, 0.2) is 0 Å². The number of alkyl halides is 3. The Balaban J connectivity index is 2.64. The Kier molecular flexibility index (Phi) is 4.92. The topological polar surface area (TPSA) is 95.9 Å². The molecule has 1 aromatic rings. The molecule has 1 aromatic carbocycles. The summed E-state index contributed by atoms with van der Waals surface area (Å²) in [5, 5.41) is 20.1. The maximum absolute atomic E-state index is 11.8. The molecule has 0 saturated heterocycles. The lowest BCUT2D eigenvalue weighted by Crippen LogP contribution is -2.24. The fourth-order valence-corrected chi connectivity index (χ4v) is 1.26. The van der Waals surface area contributed by atoms with Crippen LogP contribution in [0.15, 0.2) is 18.2 Å². The van der Waals surface area contributed by atoms with Crippen molar-refractivity contribution in [3.05, 3.63) is 23.8 Å². The highest BCUT2D eigenvalue weighted by atomic mass is 19.4. The molecule has 0 aliphatic carbocycles. The zero-order chi connectivity index (χ0) is 15.3. The molecule has 6 nitrogen and oxygen atoms in total. The number of carboxylic acids is 1. The quantitative estimate of drug-likeness (QED) is 0.717. The summed E-state index contributed by atoms with van der Waals surface area (Å²) in [6, 6.07) is 3.13. The molecule has 0 heterocycles. The van der Waals surface area contributed by atoms with E-state index in [9.17, 15) is 22.8 Å². The predicted octanol–water partition coefficient (Wildman–Crippen LogP) is 1.61. The third-order valence-electron chi connectivity index (χ3n) is 2.01. The minimum atomic E-state index is -4.55. The van der Waals surface area contributed by atoms with Gasteiger partial charge in [-0.1, -0.05) is 0 Å². The van der Waals surface area contributed by atoms with E-state index in [4.69, 9.17) is 10.2 Å². The molecular weight excluding hydrogens is 283 g/mol. The number of anilines is 1. The molecule has 0 atom stereocenters. The molecule has 1 rings (SSSR count). The monoisotopic (exact) mass is 293 g/mol. The van der Waals surface area contributed by atoms with Gasteiger partial charge in [-0.25, -0.2) is 4.79 Å². The van der Waals surface area contributed by atoms with Crippen LogP contribution >= 0.6 is 0 Å². The summed E-state index contributed by atoms with van der Waals surface area (Å²) in [6.45, 7) is -2.46. The summed E-state index contributed by atoms with van der Waals surface area (Å²) in [6.07, 6.45) is -4.55. The molecule has 110 valence electrons. The van der Waals surface area contributed by atoms with Gasteiger partial charge in [-0.15, -0.1) is 0 Å². The lowest BCUT2D eigenvalue weighted by molar-refractivity contribution is -0.174. The minimum Gasteiger partial charge on any atom is -0.508 e. The normalized spacial score (nSPS) is 11.2. The average Bonchev–Trinajstić information content (AvgIpc) is 2.29. The fraction of sp³-hybridized carbons (Fsp3) is 0.273. The van der Waals surface area contributed by atoms with Crippen molar-refractivity contribution in [2.75, 3.05) is 18.5 Å². The number of phenolic OH excluding ortho intramolecular Hbond substituents is 1. The zero-order valence-corrected chi connectivity index (χ0v) is 9.90. The highest BCUT2D eigenvalue weighted by Crippen LogP contribution is 2.21. The van der Waals surface area contributed by atoms with Crippen molar-refractivity contribution in [3.63, 3.8) is 0 Å². The lowest BCUT2D eigenvalue weighted by Gasteiger charge is -2.10. The lowest BCUT2D eigenvalue weighted by atomic mass is 10.1. The van der Waals surface area contributed by atoms with E-state index in [1.54, 1.807) is 0 Å². The third-order valence-corrected chi connectivity index (χ3v) is 2.01. The number of carbonyl (C=O) groups is 2. The van der Waals surface area contributed by atoms with Gasteiger partial charge < -0.3 is 20.3 Å². The van der Waals surface area contributed by atoms with Crippen molar-refractivity contribution in [1.82, 2.24) is 0 Å². The SMILES string of the molecule is O=C(COCC(F)(F)F)Nc1ccc(O)cc1C(=O)O. The van der Waals surface area contributed by atoms with Gasteiger partial charge >= 0.3 is 12.1 Å². The van der Waals surface area contributed by atoms with Gasteiger partial charge in [-0.2, -0.15) is 13.2 Å². The van der Waals surface area contributed by atoms with Crippen LogP contribution in [-0.2, 0) is 9.53 Å². The molecular formula is C11H10F3NO5. The number of phenols is 1. The molecule has 20 heavy (non-hydrogen) atoms. The second kappa shape index (κ2) is 6.24. The fourth-order valence-electron chi connectivity index (χ4n) is 1.26. The molecule has 3 N–H and O–H groups in total. The summed E-state index contributed by atoms with van der Waals surface area (Å²) in [5.74, 6) is -2.68. The third kappa shape index (κ3) is 5.14. The summed E-state index contributed by atoms with van der Waals surface area (Å²) in [7, 11) is 0. The molecule has 0 bridgehead atoms.